The molecular weight excluding hydrogens is 815 g/mol. The van der Waals surface area contributed by atoms with E-state index in [1.54, 1.807) is 0 Å². The van der Waals surface area contributed by atoms with Gasteiger partial charge in [-0.25, -0.2) is 16.8 Å². The predicted molar refractivity (Wildman–Crippen MR) is 187 cm³/mol. The van der Waals surface area contributed by atoms with Crippen LogP contribution in [0.15, 0.2) is 58.3 Å². The molecule has 0 fully saturated rings. The average molecular weight is 861 g/mol. The predicted octanol–water partition coefficient (Wildman–Crippen LogP) is -0.986. The van der Waals surface area contributed by atoms with Crippen LogP contribution >= 0.6 is 0 Å². The van der Waals surface area contributed by atoms with Gasteiger partial charge in [0.05, 0.1) is 9.79 Å². The average Bonchev–Trinajstić information content (AvgIpc) is 3.05. The van der Waals surface area contributed by atoms with Gasteiger partial charge in [0.1, 0.15) is 31.7 Å². The maximum Gasteiger partial charge on any atom is 1.00 e. The summed E-state index contributed by atoms with van der Waals surface area (Å²) in [5.74, 6) is -0.842. The molecule has 2 atom stereocenters. The molecule has 0 heterocycles. The third-order valence-corrected chi connectivity index (χ3v) is 10.7. The molecule has 0 aliphatic carbocycles. The van der Waals surface area contributed by atoms with Gasteiger partial charge in [-0.05, 0) is 49.9 Å². The molecule has 0 bridgehead atoms. The van der Waals surface area contributed by atoms with Gasteiger partial charge in [0.25, 0.3) is 0 Å². The van der Waals surface area contributed by atoms with E-state index in [4.69, 9.17) is 18.6 Å². The van der Waals surface area contributed by atoms with Crippen molar-refractivity contribution in [2.75, 3.05) is 0 Å². The van der Waals surface area contributed by atoms with Crippen molar-refractivity contribution in [1.82, 2.24) is 0 Å². The van der Waals surface area contributed by atoms with Crippen LogP contribution in [0.25, 0.3) is 0 Å². The van der Waals surface area contributed by atoms with E-state index in [2.05, 4.69) is 13.8 Å². The van der Waals surface area contributed by atoms with Crippen molar-refractivity contribution in [2.24, 2.45) is 0 Å². The van der Waals surface area contributed by atoms with Gasteiger partial charge in [0, 0.05) is 0 Å². The summed E-state index contributed by atoms with van der Waals surface area (Å²) >= 11 is 0. The van der Waals surface area contributed by atoms with E-state index in [9.17, 15) is 52.4 Å². The second-order valence-corrected chi connectivity index (χ2v) is 17.1. The standard InChI is InChI=1S/2C16H24O8S2.2Na/c2*1-2-3-4-5-6-7-11-14(16(17)26(21,22)23)24-13-10-8-9-12-15(13)25(18,19)20;;/h2*8-10,12,14H,2-7,11H2,1H3,(H,18,19,20)(H,21,22,23);;/q;;2*+1/p-2. The Hall–Kier alpha value is -0.980. The van der Waals surface area contributed by atoms with Crippen LogP contribution in [-0.2, 0) is 50.1 Å². The van der Waals surface area contributed by atoms with Gasteiger partial charge in [0.2, 0.25) is 0 Å². The zero-order chi connectivity index (χ0) is 39.6. The molecule has 22 heteroatoms. The van der Waals surface area contributed by atoms with Gasteiger partial charge < -0.3 is 18.6 Å². The molecular formula is C32H46Na2O16S4. The summed E-state index contributed by atoms with van der Waals surface area (Å²) < 4.78 is 141. The maximum atomic E-state index is 11.9. The Morgan fingerprint density at radius 2 is 0.815 bits per heavy atom. The van der Waals surface area contributed by atoms with E-state index < -0.39 is 84.2 Å². The minimum absolute atomic E-state index is 0. The molecule has 2 aromatic rings. The number of hydrogen-bond acceptors (Lipinski definition) is 14. The number of rotatable bonds is 22. The number of para-hydroxylation sites is 2. The van der Waals surface area contributed by atoms with Gasteiger partial charge in [0.15, 0.2) is 12.2 Å². The fraction of sp³-hybridized carbons (Fsp3) is 0.562. The van der Waals surface area contributed by atoms with Crippen molar-refractivity contribution in [3.8, 4) is 11.5 Å². The Morgan fingerprint density at radius 3 is 1.09 bits per heavy atom. The molecule has 2 aromatic carbocycles. The van der Waals surface area contributed by atoms with Gasteiger partial charge in [-0.15, -0.1) is 0 Å². The fourth-order valence-electron chi connectivity index (χ4n) is 4.82. The number of carbonyl (C=O) groups excluding carboxylic acids is 2. The molecule has 54 heavy (non-hydrogen) atoms. The second-order valence-electron chi connectivity index (χ2n) is 11.7. The normalized spacial score (nSPS) is 12.9. The summed E-state index contributed by atoms with van der Waals surface area (Å²) in [7, 11) is -19.8. The van der Waals surface area contributed by atoms with E-state index in [0.717, 1.165) is 88.5 Å². The topological polar surface area (TPSA) is 276 Å². The number of ether oxygens (including phenoxy) is 2. The number of unbranched alkanes of at least 4 members (excludes halogenated alkanes) is 10. The van der Waals surface area contributed by atoms with Crippen molar-refractivity contribution in [3.05, 3.63) is 48.5 Å². The van der Waals surface area contributed by atoms with Crippen LogP contribution in [0.1, 0.15) is 104 Å². The molecule has 0 spiro atoms. The molecule has 0 aliphatic heterocycles. The molecule has 0 saturated heterocycles. The number of carbonyl (C=O) groups is 2. The molecule has 2 rings (SSSR count). The van der Waals surface area contributed by atoms with E-state index in [1.165, 1.54) is 24.3 Å². The molecule has 0 aromatic heterocycles. The Labute approximate surface area is 363 Å². The third-order valence-electron chi connectivity index (χ3n) is 7.45. The summed E-state index contributed by atoms with van der Waals surface area (Å²) in [6.07, 6.45) is 7.14. The van der Waals surface area contributed by atoms with Crippen LogP contribution in [0, 0.1) is 0 Å². The molecule has 0 aliphatic rings. The quantitative estimate of drug-likeness (QED) is 0.0817. The van der Waals surface area contributed by atoms with E-state index in [0.29, 0.717) is 12.8 Å². The Morgan fingerprint density at radius 1 is 0.537 bits per heavy atom. The van der Waals surface area contributed by atoms with Crippen LogP contribution < -0.4 is 68.6 Å². The van der Waals surface area contributed by atoms with Crippen molar-refractivity contribution >= 4 is 50.7 Å². The molecule has 16 nitrogen and oxygen atoms in total. The van der Waals surface area contributed by atoms with E-state index in [1.807, 2.05) is 0 Å². The smallest absolute Gasteiger partial charge is 0.744 e. The first kappa shape index (κ1) is 55.1. The molecule has 296 valence electrons. The van der Waals surface area contributed by atoms with Gasteiger partial charge in [-0.3, -0.25) is 18.7 Å². The van der Waals surface area contributed by atoms with E-state index in [-0.39, 0.29) is 72.0 Å². The Kier molecular flexibility index (Phi) is 27.4. The van der Waals surface area contributed by atoms with Crippen molar-refractivity contribution in [2.45, 2.75) is 126 Å². The first-order valence-corrected chi connectivity index (χ1v) is 22.3. The van der Waals surface area contributed by atoms with Crippen molar-refractivity contribution < 1.29 is 130 Å². The summed E-state index contributed by atoms with van der Waals surface area (Å²) in [5.41, 5.74) is 0. The molecule has 0 radical (unpaired) electrons. The van der Waals surface area contributed by atoms with Crippen LogP contribution in [0.5, 0.6) is 11.5 Å². The minimum Gasteiger partial charge on any atom is -0.744 e. The molecule has 0 saturated carbocycles. The molecule has 2 unspecified atom stereocenters. The monoisotopic (exact) mass is 860 g/mol. The third kappa shape index (κ3) is 21.5. The van der Waals surface area contributed by atoms with Crippen molar-refractivity contribution in [3.63, 3.8) is 0 Å². The Balaban J connectivity index is 0. The zero-order valence-electron chi connectivity index (χ0n) is 30.9. The molecule has 2 N–H and O–H groups in total. The minimum atomic E-state index is -5.01. The molecule has 0 amide bonds. The van der Waals surface area contributed by atoms with Crippen LogP contribution in [-0.4, -0.2) is 74.3 Å². The van der Waals surface area contributed by atoms with Crippen LogP contribution in [0.4, 0.5) is 0 Å². The van der Waals surface area contributed by atoms with Crippen LogP contribution in [0.3, 0.4) is 0 Å². The van der Waals surface area contributed by atoms with Gasteiger partial charge in [-0.2, -0.15) is 16.8 Å². The zero-order valence-corrected chi connectivity index (χ0v) is 38.2. The number of benzene rings is 2. The summed E-state index contributed by atoms with van der Waals surface area (Å²) in [4.78, 5) is 22.4. The summed E-state index contributed by atoms with van der Waals surface area (Å²) in [5, 5.41) is -3.13. The SMILES string of the molecule is CCCCCCCCC(Oc1ccccc1S(=O)(=O)[O-])C(=O)S(=O)(=O)O.CCCCCCCCC(Oc1ccccc1S(=O)(=O)[O-])C(=O)S(=O)(=O)O.[Na+].[Na+]. The fourth-order valence-corrected chi connectivity index (χ4v) is 7.03. The van der Waals surface area contributed by atoms with E-state index >= 15 is 0 Å². The van der Waals surface area contributed by atoms with Crippen molar-refractivity contribution in [1.29, 1.82) is 0 Å². The summed E-state index contributed by atoms with van der Waals surface area (Å²) in [6.45, 7) is 4.13. The Bertz CT molecular complexity index is 1750. The first-order chi connectivity index (χ1) is 24.1. The second kappa shape index (κ2) is 26.8. The maximum absolute atomic E-state index is 11.9. The van der Waals surface area contributed by atoms with Gasteiger partial charge in [-0.1, -0.05) is 102 Å². The summed E-state index contributed by atoms with van der Waals surface area (Å²) in [6, 6.07) is 9.64. The number of hydrogen-bond donors (Lipinski definition) is 2. The van der Waals surface area contributed by atoms with Gasteiger partial charge >= 0.3 is 89.6 Å². The largest absolute Gasteiger partial charge is 1.00 e. The first-order valence-electron chi connectivity index (χ1n) is 16.6. The van der Waals surface area contributed by atoms with Crippen LogP contribution in [0.2, 0.25) is 0 Å².